The second-order valence-corrected chi connectivity index (χ2v) is 3.96. The quantitative estimate of drug-likeness (QED) is 0.784. The van der Waals surface area contributed by atoms with Gasteiger partial charge in [-0.05, 0) is 26.0 Å². The molecule has 0 unspecified atom stereocenters. The maximum atomic E-state index is 11.8. The van der Waals surface area contributed by atoms with E-state index in [1.165, 1.54) is 18.2 Å². The molecule has 7 nitrogen and oxygen atoms in total. The van der Waals surface area contributed by atoms with Crippen molar-refractivity contribution in [2.45, 2.75) is 13.8 Å². The van der Waals surface area contributed by atoms with Gasteiger partial charge in [0.05, 0.1) is 6.54 Å². The van der Waals surface area contributed by atoms with Crippen LogP contribution in [0.15, 0.2) is 18.2 Å². The van der Waals surface area contributed by atoms with Crippen molar-refractivity contribution in [3.63, 3.8) is 0 Å². The molecule has 0 aliphatic rings. The summed E-state index contributed by atoms with van der Waals surface area (Å²) >= 11 is 0. The molecule has 1 rings (SSSR count). The van der Waals surface area contributed by atoms with Gasteiger partial charge in [0.15, 0.2) is 0 Å². The lowest BCUT2D eigenvalue weighted by molar-refractivity contribution is -0.129. The fraction of sp³-hybridized carbons (Fsp3) is 0.385. The Bertz CT molecular complexity index is 512. The van der Waals surface area contributed by atoms with Crippen LogP contribution in [0.2, 0.25) is 0 Å². The number of hydrogen-bond acceptors (Lipinski definition) is 4. The van der Waals surface area contributed by atoms with Gasteiger partial charge in [0.25, 0.3) is 5.91 Å². The molecule has 0 aliphatic carbocycles. The van der Waals surface area contributed by atoms with E-state index in [-0.39, 0.29) is 23.8 Å². The first-order chi connectivity index (χ1) is 9.49. The molecule has 0 fully saturated rings. The normalized spacial score (nSPS) is 9.90. The van der Waals surface area contributed by atoms with Gasteiger partial charge in [-0.15, -0.1) is 0 Å². The van der Waals surface area contributed by atoms with Crippen molar-refractivity contribution < 1.29 is 19.5 Å². The summed E-state index contributed by atoms with van der Waals surface area (Å²) in [5.41, 5.74) is -0.245. The van der Waals surface area contributed by atoms with Gasteiger partial charge in [-0.2, -0.15) is 0 Å². The maximum Gasteiger partial charge on any atom is 0.354 e. The predicted octanol–water partition coefficient (Wildman–Crippen LogP) is 0.378. The third kappa shape index (κ3) is 4.04. The van der Waals surface area contributed by atoms with Crippen LogP contribution in [0.5, 0.6) is 0 Å². The molecule has 0 atom stereocenters. The third-order valence-electron chi connectivity index (χ3n) is 2.72. The number of likely N-dealkylation sites (N-methyl/N-ethyl adjacent to an activating group) is 1. The van der Waals surface area contributed by atoms with E-state index in [9.17, 15) is 14.4 Å². The Kier molecular flexibility index (Phi) is 5.64. The van der Waals surface area contributed by atoms with E-state index in [4.69, 9.17) is 5.11 Å². The Hall–Kier alpha value is -2.44. The molecule has 0 bridgehead atoms. The third-order valence-corrected chi connectivity index (χ3v) is 2.72. The number of carbonyl (C=O) groups excluding carboxylic acids is 2. The van der Waals surface area contributed by atoms with Crippen LogP contribution in [0.25, 0.3) is 0 Å². The molecule has 1 aromatic rings. The molecular formula is C13H17N3O4. The lowest BCUT2D eigenvalue weighted by Gasteiger charge is -2.18. The molecule has 0 spiro atoms. The van der Waals surface area contributed by atoms with Crippen LogP contribution >= 0.6 is 0 Å². The van der Waals surface area contributed by atoms with Crippen molar-refractivity contribution in [1.82, 2.24) is 15.2 Å². The van der Waals surface area contributed by atoms with Gasteiger partial charge in [0.1, 0.15) is 11.4 Å². The number of amides is 2. The van der Waals surface area contributed by atoms with Crippen LogP contribution in [-0.2, 0) is 4.79 Å². The Labute approximate surface area is 116 Å². The van der Waals surface area contributed by atoms with Crippen LogP contribution in [0.4, 0.5) is 0 Å². The Morgan fingerprint density at radius 1 is 1.20 bits per heavy atom. The van der Waals surface area contributed by atoms with Crippen molar-refractivity contribution >= 4 is 17.8 Å². The van der Waals surface area contributed by atoms with E-state index in [0.29, 0.717) is 13.1 Å². The summed E-state index contributed by atoms with van der Waals surface area (Å²) < 4.78 is 0. The summed E-state index contributed by atoms with van der Waals surface area (Å²) in [5, 5.41) is 11.2. The molecule has 1 aromatic heterocycles. The van der Waals surface area contributed by atoms with Gasteiger partial charge < -0.3 is 15.3 Å². The highest BCUT2D eigenvalue weighted by molar-refractivity contribution is 5.96. The van der Waals surface area contributed by atoms with Crippen molar-refractivity contribution in [3.8, 4) is 0 Å². The minimum Gasteiger partial charge on any atom is -0.477 e. The largest absolute Gasteiger partial charge is 0.477 e. The van der Waals surface area contributed by atoms with E-state index < -0.39 is 11.9 Å². The molecule has 2 amide bonds. The first-order valence-corrected chi connectivity index (χ1v) is 6.25. The number of pyridine rings is 1. The number of hydrogen-bond donors (Lipinski definition) is 2. The Morgan fingerprint density at radius 3 is 2.35 bits per heavy atom. The fourth-order valence-corrected chi connectivity index (χ4v) is 1.61. The number of carboxylic acid groups (broad SMARTS) is 1. The highest BCUT2D eigenvalue weighted by atomic mass is 16.4. The average Bonchev–Trinajstić information content (AvgIpc) is 2.46. The lowest BCUT2D eigenvalue weighted by atomic mass is 10.3. The Balaban J connectivity index is 2.65. The van der Waals surface area contributed by atoms with Crippen LogP contribution in [0.1, 0.15) is 34.8 Å². The van der Waals surface area contributed by atoms with Gasteiger partial charge in [-0.1, -0.05) is 6.07 Å². The molecule has 0 aliphatic heterocycles. The zero-order valence-corrected chi connectivity index (χ0v) is 11.4. The molecule has 108 valence electrons. The van der Waals surface area contributed by atoms with E-state index in [1.54, 1.807) is 4.90 Å². The number of aromatic carboxylic acids is 1. The van der Waals surface area contributed by atoms with E-state index in [2.05, 4.69) is 10.3 Å². The molecule has 0 radical (unpaired) electrons. The fourth-order valence-electron chi connectivity index (χ4n) is 1.61. The van der Waals surface area contributed by atoms with Gasteiger partial charge in [0.2, 0.25) is 5.91 Å². The van der Waals surface area contributed by atoms with Crippen molar-refractivity contribution in [1.29, 1.82) is 0 Å². The smallest absolute Gasteiger partial charge is 0.354 e. The summed E-state index contributed by atoms with van der Waals surface area (Å²) in [7, 11) is 0. The summed E-state index contributed by atoms with van der Waals surface area (Å²) in [6, 6.07) is 4.11. The zero-order chi connectivity index (χ0) is 15.1. The molecular weight excluding hydrogens is 262 g/mol. The minimum atomic E-state index is -1.21. The SMILES string of the molecule is CCN(CC)C(=O)CNC(=O)c1cccc(C(=O)O)n1. The van der Waals surface area contributed by atoms with E-state index in [1.807, 2.05) is 13.8 Å². The first kappa shape index (κ1) is 15.6. The second-order valence-electron chi connectivity index (χ2n) is 3.96. The molecule has 1 heterocycles. The number of rotatable bonds is 6. The summed E-state index contributed by atoms with van der Waals surface area (Å²) in [6.45, 7) is 4.69. The molecule has 0 saturated heterocycles. The molecule has 20 heavy (non-hydrogen) atoms. The lowest BCUT2D eigenvalue weighted by Crippen LogP contribution is -2.40. The molecule has 7 heteroatoms. The number of carboxylic acids is 1. The number of carbonyl (C=O) groups is 3. The molecule has 0 saturated carbocycles. The summed E-state index contributed by atoms with van der Waals surface area (Å²) in [6.07, 6.45) is 0. The number of aromatic nitrogens is 1. The molecule has 0 aromatic carbocycles. The van der Waals surface area contributed by atoms with Gasteiger partial charge >= 0.3 is 5.97 Å². The van der Waals surface area contributed by atoms with Crippen LogP contribution < -0.4 is 5.32 Å². The van der Waals surface area contributed by atoms with Gasteiger partial charge in [0, 0.05) is 13.1 Å². The van der Waals surface area contributed by atoms with Crippen molar-refractivity contribution in [2.75, 3.05) is 19.6 Å². The molecule has 2 N–H and O–H groups in total. The standard InChI is InChI=1S/C13H17N3O4/c1-3-16(4-2)11(17)8-14-12(18)9-6-5-7-10(15-9)13(19)20/h5-7H,3-4,8H2,1-2H3,(H,14,18)(H,19,20). The van der Waals surface area contributed by atoms with Crippen molar-refractivity contribution in [3.05, 3.63) is 29.6 Å². The topological polar surface area (TPSA) is 99.6 Å². The first-order valence-electron chi connectivity index (χ1n) is 6.25. The van der Waals surface area contributed by atoms with Crippen LogP contribution in [0.3, 0.4) is 0 Å². The number of nitrogens with one attached hydrogen (secondary N) is 1. The highest BCUT2D eigenvalue weighted by Gasteiger charge is 2.14. The van der Waals surface area contributed by atoms with Gasteiger partial charge in [-0.25, -0.2) is 9.78 Å². The Morgan fingerprint density at radius 2 is 1.80 bits per heavy atom. The highest BCUT2D eigenvalue weighted by Crippen LogP contribution is 1.99. The maximum absolute atomic E-state index is 11.8. The van der Waals surface area contributed by atoms with E-state index >= 15 is 0 Å². The summed E-state index contributed by atoms with van der Waals surface area (Å²) in [4.78, 5) is 39.5. The van der Waals surface area contributed by atoms with Crippen LogP contribution in [-0.4, -0.2) is 52.4 Å². The second kappa shape index (κ2) is 7.22. The summed E-state index contributed by atoms with van der Waals surface area (Å²) in [5.74, 6) is -1.98. The van der Waals surface area contributed by atoms with E-state index in [0.717, 1.165) is 0 Å². The zero-order valence-electron chi connectivity index (χ0n) is 11.4. The van der Waals surface area contributed by atoms with Crippen LogP contribution in [0, 0.1) is 0 Å². The van der Waals surface area contributed by atoms with Crippen molar-refractivity contribution in [2.24, 2.45) is 0 Å². The average molecular weight is 279 g/mol. The minimum absolute atomic E-state index is 0.0303. The van der Waals surface area contributed by atoms with Gasteiger partial charge in [-0.3, -0.25) is 9.59 Å². The predicted molar refractivity (Wildman–Crippen MR) is 71.5 cm³/mol. The monoisotopic (exact) mass is 279 g/mol. The number of nitrogens with zero attached hydrogens (tertiary/aromatic N) is 2.